The summed E-state index contributed by atoms with van der Waals surface area (Å²) in [6.45, 7) is 8.43. The average Bonchev–Trinajstić information content (AvgIpc) is 2.92. The van der Waals surface area contributed by atoms with Gasteiger partial charge in [0.25, 0.3) is 10.0 Å². The van der Waals surface area contributed by atoms with Gasteiger partial charge in [0.2, 0.25) is 0 Å². The minimum Gasteiger partial charge on any atom is -0.304 e. The second-order valence-corrected chi connectivity index (χ2v) is 7.58. The molecule has 0 aromatic carbocycles. The molecule has 1 aliphatic heterocycles. The lowest BCUT2D eigenvalue weighted by Gasteiger charge is -2.43. The van der Waals surface area contributed by atoms with Crippen LogP contribution in [0.2, 0.25) is 0 Å². The lowest BCUT2D eigenvalue weighted by Crippen LogP contribution is -2.57. The molecule has 7 nitrogen and oxygen atoms in total. The molecule has 1 fully saturated rings. The van der Waals surface area contributed by atoms with Crippen molar-refractivity contribution >= 4 is 10.0 Å². The van der Waals surface area contributed by atoms with Crippen molar-refractivity contribution in [3.8, 4) is 0 Å². The molecule has 0 unspecified atom stereocenters. The van der Waals surface area contributed by atoms with Crippen LogP contribution < -0.4 is 4.72 Å². The molecule has 0 amide bonds. The summed E-state index contributed by atoms with van der Waals surface area (Å²) in [7, 11) is -1.40. The van der Waals surface area contributed by atoms with Crippen LogP contribution in [0.5, 0.6) is 0 Å². The quantitative estimate of drug-likeness (QED) is 0.781. The number of H-pyrrole nitrogens is 1. The first-order valence-corrected chi connectivity index (χ1v) is 8.22. The Morgan fingerprint density at radius 1 is 1.35 bits per heavy atom. The van der Waals surface area contributed by atoms with Gasteiger partial charge < -0.3 is 4.90 Å². The number of likely N-dealkylation sites (N-methyl/N-ethyl adjacent to an activating group) is 1. The van der Waals surface area contributed by atoms with Gasteiger partial charge in [-0.05, 0) is 27.0 Å². The molecule has 1 saturated heterocycles. The Hall–Kier alpha value is -0.960. The normalized spacial score (nSPS) is 19.4. The Kier molecular flexibility index (Phi) is 4.48. The van der Waals surface area contributed by atoms with Crippen LogP contribution in [0.25, 0.3) is 0 Å². The van der Waals surface area contributed by atoms with E-state index in [9.17, 15) is 8.42 Å². The van der Waals surface area contributed by atoms with Crippen LogP contribution in [0.1, 0.15) is 13.8 Å². The lowest BCUT2D eigenvalue weighted by molar-refractivity contribution is 0.0652. The van der Waals surface area contributed by atoms with Gasteiger partial charge in [0.15, 0.2) is 5.03 Å². The van der Waals surface area contributed by atoms with Crippen molar-refractivity contribution in [3.63, 3.8) is 0 Å². The first-order chi connectivity index (χ1) is 9.31. The van der Waals surface area contributed by atoms with Crippen LogP contribution in [0, 0.1) is 0 Å². The molecule has 114 valence electrons. The summed E-state index contributed by atoms with van der Waals surface area (Å²) < 4.78 is 26.8. The second kappa shape index (κ2) is 5.80. The standard InChI is InChI=1S/C12H23N5O2S/c1-12(2,17-8-6-16(3)7-9-17)10-14-20(18,19)11-4-5-13-15-11/h4-5,14H,6-10H2,1-3H3,(H,13,15). The van der Waals surface area contributed by atoms with Gasteiger partial charge >= 0.3 is 0 Å². The fourth-order valence-corrected chi connectivity index (χ4v) is 3.38. The highest BCUT2D eigenvalue weighted by molar-refractivity contribution is 7.89. The van der Waals surface area contributed by atoms with Crippen molar-refractivity contribution in [1.29, 1.82) is 0 Å². The molecular formula is C12H23N5O2S. The highest BCUT2D eigenvalue weighted by Gasteiger charge is 2.30. The summed E-state index contributed by atoms with van der Waals surface area (Å²) in [6, 6.07) is 1.45. The number of hydrogen-bond acceptors (Lipinski definition) is 5. The Balaban J connectivity index is 1.95. The maximum Gasteiger partial charge on any atom is 0.257 e. The third-order valence-corrected chi connectivity index (χ3v) is 5.15. The fraction of sp³-hybridized carbons (Fsp3) is 0.750. The molecule has 1 aromatic heterocycles. The molecule has 0 saturated carbocycles. The van der Waals surface area contributed by atoms with Crippen LogP contribution in [-0.2, 0) is 10.0 Å². The van der Waals surface area contributed by atoms with E-state index in [0.717, 1.165) is 26.2 Å². The minimum absolute atomic E-state index is 0.103. The van der Waals surface area contributed by atoms with E-state index >= 15 is 0 Å². The van der Waals surface area contributed by atoms with E-state index in [1.54, 1.807) is 0 Å². The Bertz CT molecular complexity index is 518. The van der Waals surface area contributed by atoms with Crippen LogP contribution >= 0.6 is 0 Å². The van der Waals surface area contributed by atoms with Gasteiger partial charge in [-0.3, -0.25) is 10.00 Å². The molecule has 8 heteroatoms. The Morgan fingerprint density at radius 2 is 2.00 bits per heavy atom. The van der Waals surface area contributed by atoms with E-state index in [0.29, 0.717) is 6.54 Å². The molecule has 20 heavy (non-hydrogen) atoms. The number of rotatable bonds is 5. The van der Waals surface area contributed by atoms with E-state index in [-0.39, 0.29) is 10.6 Å². The molecule has 2 heterocycles. The summed E-state index contributed by atoms with van der Waals surface area (Å²) in [4.78, 5) is 4.60. The maximum absolute atomic E-state index is 12.1. The van der Waals surface area contributed by atoms with Gasteiger partial charge in [0.1, 0.15) is 0 Å². The molecule has 2 rings (SSSR count). The third kappa shape index (κ3) is 3.57. The van der Waals surface area contributed by atoms with Crippen molar-refractivity contribution < 1.29 is 8.42 Å². The number of aromatic nitrogens is 2. The van der Waals surface area contributed by atoms with Crippen molar-refractivity contribution in [2.75, 3.05) is 39.8 Å². The van der Waals surface area contributed by atoms with E-state index in [4.69, 9.17) is 0 Å². The van der Waals surface area contributed by atoms with E-state index in [1.165, 1.54) is 12.3 Å². The third-order valence-electron chi connectivity index (χ3n) is 3.82. The second-order valence-electron chi connectivity index (χ2n) is 5.85. The topological polar surface area (TPSA) is 81.3 Å². The SMILES string of the molecule is CN1CCN(C(C)(C)CNS(=O)(=O)c2ccn[nH]2)CC1. The molecule has 2 N–H and O–H groups in total. The maximum atomic E-state index is 12.1. The van der Waals surface area contributed by atoms with Crippen molar-refractivity contribution in [2.45, 2.75) is 24.4 Å². The first-order valence-electron chi connectivity index (χ1n) is 6.74. The predicted molar refractivity (Wildman–Crippen MR) is 76.9 cm³/mol. The van der Waals surface area contributed by atoms with Crippen molar-refractivity contribution in [2.24, 2.45) is 0 Å². The largest absolute Gasteiger partial charge is 0.304 e. The van der Waals surface area contributed by atoms with Crippen LogP contribution in [0.15, 0.2) is 17.3 Å². The van der Waals surface area contributed by atoms with Crippen LogP contribution in [0.3, 0.4) is 0 Å². The average molecular weight is 301 g/mol. The Labute approximate surface area is 120 Å². The van der Waals surface area contributed by atoms with Crippen molar-refractivity contribution in [1.82, 2.24) is 24.7 Å². The van der Waals surface area contributed by atoms with Crippen LogP contribution in [-0.4, -0.2) is 73.7 Å². The lowest BCUT2D eigenvalue weighted by atomic mass is 10.0. The molecule has 0 aliphatic carbocycles. The highest BCUT2D eigenvalue weighted by Crippen LogP contribution is 2.16. The summed E-state index contributed by atoms with van der Waals surface area (Å²) in [5.74, 6) is 0. The molecule has 1 aliphatic rings. The summed E-state index contributed by atoms with van der Waals surface area (Å²) >= 11 is 0. The Morgan fingerprint density at radius 3 is 2.55 bits per heavy atom. The monoisotopic (exact) mass is 301 g/mol. The molecule has 0 spiro atoms. The first kappa shape index (κ1) is 15.4. The molecule has 1 aromatic rings. The molecule has 0 atom stereocenters. The number of sulfonamides is 1. The van der Waals surface area contributed by atoms with Gasteiger partial charge in [-0.1, -0.05) is 0 Å². The van der Waals surface area contributed by atoms with Gasteiger partial charge in [0.05, 0.1) is 6.20 Å². The summed E-state index contributed by atoms with van der Waals surface area (Å²) in [6.07, 6.45) is 1.43. The molecular weight excluding hydrogens is 278 g/mol. The van der Waals surface area contributed by atoms with Gasteiger partial charge in [0, 0.05) is 38.3 Å². The molecule has 0 bridgehead atoms. The smallest absolute Gasteiger partial charge is 0.257 e. The number of piperazine rings is 1. The van der Waals surface area contributed by atoms with Crippen molar-refractivity contribution in [3.05, 3.63) is 12.3 Å². The number of aromatic amines is 1. The number of nitrogens with one attached hydrogen (secondary N) is 2. The van der Waals surface area contributed by atoms with Gasteiger partial charge in [-0.25, -0.2) is 13.1 Å². The van der Waals surface area contributed by atoms with E-state index in [2.05, 4.69) is 45.6 Å². The number of nitrogens with zero attached hydrogens (tertiary/aromatic N) is 3. The minimum atomic E-state index is -3.50. The van der Waals surface area contributed by atoms with Gasteiger partial charge in [-0.2, -0.15) is 5.10 Å². The summed E-state index contributed by atoms with van der Waals surface area (Å²) in [5.41, 5.74) is -0.214. The van der Waals surface area contributed by atoms with Crippen LogP contribution in [0.4, 0.5) is 0 Å². The number of hydrogen-bond donors (Lipinski definition) is 2. The predicted octanol–water partition coefficient (Wildman–Crippen LogP) is -0.286. The zero-order valence-corrected chi connectivity index (χ0v) is 13.1. The molecule has 0 radical (unpaired) electrons. The fourth-order valence-electron chi connectivity index (χ4n) is 2.27. The van der Waals surface area contributed by atoms with Gasteiger partial charge in [-0.15, -0.1) is 0 Å². The van der Waals surface area contributed by atoms with E-state index < -0.39 is 10.0 Å². The van der Waals surface area contributed by atoms with E-state index in [1.807, 2.05) is 0 Å². The zero-order chi connectivity index (χ0) is 14.8. The summed E-state index contributed by atoms with van der Waals surface area (Å²) in [5, 5.41) is 6.25. The zero-order valence-electron chi connectivity index (χ0n) is 12.3. The highest BCUT2D eigenvalue weighted by atomic mass is 32.2.